The molecule has 0 saturated heterocycles. The molecular formula is C20H21F2N5O4S. The maximum atomic E-state index is 14.8. The van der Waals surface area contributed by atoms with Gasteiger partial charge in [0.25, 0.3) is 10.0 Å². The second-order valence-corrected chi connectivity index (χ2v) is 9.04. The first kappa shape index (κ1) is 22.1. The van der Waals surface area contributed by atoms with Crippen LogP contribution in [0.25, 0.3) is 0 Å². The number of aryl methyl sites for hydroxylation is 1. The summed E-state index contributed by atoms with van der Waals surface area (Å²) in [5.74, 6) is -2.76. The molecule has 170 valence electrons. The number of nitrogens with one attached hydrogen (secondary N) is 1. The molecule has 2 aromatic heterocycles. The molecule has 0 aliphatic heterocycles. The third-order valence-corrected chi connectivity index (χ3v) is 6.78. The Kier molecular flexibility index (Phi) is 6.07. The van der Waals surface area contributed by atoms with Crippen molar-refractivity contribution in [3.05, 3.63) is 60.3 Å². The fourth-order valence-electron chi connectivity index (χ4n) is 3.85. The van der Waals surface area contributed by atoms with Crippen LogP contribution in [-0.2, 0) is 21.8 Å². The van der Waals surface area contributed by atoms with E-state index in [9.17, 15) is 17.2 Å². The SMILES string of the molecule is CO[C@@H]1C[C@H](Oc2cc(F)c(S(=O)(=O)Nc3ccncn3)cc2F)[C@@H](c2ccnn2C)C1. The van der Waals surface area contributed by atoms with Gasteiger partial charge in [0, 0.05) is 56.7 Å². The number of hydrogen-bond acceptors (Lipinski definition) is 7. The van der Waals surface area contributed by atoms with Gasteiger partial charge in [-0.1, -0.05) is 0 Å². The van der Waals surface area contributed by atoms with E-state index < -0.39 is 32.7 Å². The van der Waals surface area contributed by atoms with E-state index in [1.165, 1.54) is 12.3 Å². The molecule has 0 amide bonds. The second kappa shape index (κ2) is 8.79. The minimum absolute atomic E-state index is 0.0734. The summed E-state index contributed by atoms with van der Waals surface area (Å²) >= 11 is 0. The van der Waals surface area contributed by atoms with Crippen molar-refractivity contribution in [1.29, 1.82) is 0 Å². The van der Waals surface area contributed by atoms with Gasteiger partial charge in [0.2, 0.25) is 0 Å². The zero-order valence-corrected chi connectivity index (χ0v) is 18.1. The molecule has 0 radical (unpaired) electrons. The van der Waals surface area contributed by atoms with Gasteiger partial charge in [-0.05, 0) is 18.6 Å². The first-order valence-electron chi connectivity index (χ1n) is 9.73. The fraction of sp³-hybridized carbons (Fsp3) is 0.350. The second-order valence-electron chi connectivity index (χ2n) is 7.38. The van der Waals surface area contributed by atoms with Crippen molar-refractivity contribution >= 4 is 15.8 Å². The maximum Gasteiger partial charge on any atom is 0.266 e. The molecular weight excluding hydrogens is 444 g/mol. The van der Waals surface area contributed by atoms with E-state index in [0.717, 1.165) is 18.1 Å². The van der Waals surface area contributed by atoms with Gasteiger partial charge in [-0.2, -0.15) is 5.10 Å². The Morgan fingerprint density at radius 1 is 1.16 bits per heavy atom. The van der Waals surface area contributed by atoms with Gasteiger partial charge < -0.3 is 9.47 Å². The molecule has 0 bridgehead atoms. The molecule has 9 nitrogen and oxygen atoms in total. The highest BCUT2D eigenvalue weighted by atomic mass is 32.2. The van der Waals surface area contributed by atoms with Crippen molar-refractivity contribution in [2.45, 2.75) is 35.9 Å². The summed E-state index contributed by atoms with van der Waals surface area (Å²) in [6, 6.07) is 4.46. The van der Waals surface area contributed by atoms with E-state index in [4.69, 9.17) is 9.47 Å². The lowest BCUT2D eigenvalue weighted by Crippen LogP contribution is -2.23. The lowest BCUT2D eigenvalue weighted by molar-refractivity contribution is 0.0937. The first-order chi connectivity index (χ1) is 15.3. The van der Waals surface area contributed by atoms with Crippen molar-refractivity contribution in [2.75, 3.05) is 11.8 Å². The van der Waals surface area contributed by atoms with Crippen LogP contribution in [0, 0.1) is 11.6 Å². The molecule has 0 unspecified atom stereocenters. The van der Waals surface area contributed by atoms with Crippen molar-refractivity contribution < 1.29 is 26.7 Å². The Balaban J connectivity index is 1.60. The molecule has 4 rings (SSSR count). The van der Waals surface area contributed by atoms with Crippen LogP contribution in [0.1, 0.15) is 24.5 Å². The standard InChI is InChI=1S/C20H21F2N5O4S/c1-27-16(3-6-25-27)13-7-12(30-2)8-17(13)31-18-9-15(22)19(10-14(18)21)32(28,29)26-20-4-5-23-11-24-20/h3-6,9-13,17H,7-8H2,1-2H3,(H,23,24,26)/t12-,13+,17-/m0/s1. The van der Waals surface area contributed by atoms with Gasteiger partial charge in [0.1, 0.15) is 29.0 Å². The van der Waals surface area contributed by atoms with E-state index in [1.807, 2.05) is 6.07 Å². The Morgan fingerprint density at radius 2 is 1.97 bits per heavy atom. The van der Waals surface area contributed by atoms with E-state index in [0.29, 0.717) is 18.9 Å². The summed E-state index contributed by atoms with van der Waals surface area (Å²) in [5.41, 5.74) is 0.878. The highest BCUT2D eigenvalue weighted by Crippen LogP contribution is 2.39. The summed E-state index contributed by atoms with van der Waals surface area (Å²) in [4.78, 5) is 6.54. The Morgan fingerprint density at radius 3 is 2.62 bits per heavy atom. The number of rotatable bonds is 7. The van der Waals surface area contributed by atoms with Crippen LogP contribution in [0.2, 0.25) is 0 Å². The molecule has 1 aromatic carbocycles. The van der Waals surface area contributed by atoms with Gasteiger partial charge >= 0.3 is 0 Å². The predicted octanol–water partition coefficient (Wildman–Crippen LogP) is 2.63. The number of anilines is 1. The van der Waals surface area contributed by atoms with Crippen molar-refractivity contribution in [3.8, 4) is 5.75 Å². The number of halogens is 2. The summed E-state index contributed by atoms with van der Waals surface area (Å²) in [6.07, 6.45) is 4.54. The van der Waals surface area contributed by atoms with Gasteiger partial charge in [-0.25, -0.2) is 27.2 Å². The zero-order valence-electron chi connectivity index (χ0n) is 17.3. The average Bonchev–Trinajstić information content (AvgIpc) is 3.36. The Hall–Kier alpha value is -3.12. The molecule has 1 aliphatic rings. The van der Waals surface area contributed by atoms with Crippen LogP contribution >= 0.6 is 0 Å². The topological polar surface area (TPSA) is 108 Å². The molecule has 0 spiro atoms. The fourth-order valence-corrected chi connectivity index (χ4v) is 4.93. The van der Waals surface area contributed by atoms with Crippen LogP contribution in [0.3, 0.4) is 0 Å². The molecule has 3 atom stereocenters. The number of methoxy groups -OCH3 is 1. The number of aromatic nitrogens is 4. The third-order valence-electron chi connectivity index (χ3n) is 5.41. The normalized spacial score (nSPS) is 20.9. The Labute approximate surface area is 183 Å². The van der Waals surface area contributed by atoms with Crippen molar-refractivity contribution in [1.82, 2.24) is 19.7 Å². The molecule has 1 fully saturated rings. The summed E-state index contributed by atoms with van der Waals surface area (Å²) in [7, 11) is -1.05. The van der Waals surface area contributed by atoms with Gasteiger partial charge in [-0.3, -0.25) is 9.40 Å². The van der Waals surface area contributed by atoms with E-state index in [2.05, 4.69) is 19.8 Å². The number of hydrogen-bond donors (Lipinski definition) is 1. The molecule has 32 heavy (non-hydrogen) atoms. The summed E-state index contributed by atoms with van der Waals surface area (Å²) in [5, 5.41) is 4.16. The molecule has 1 aliphatic carbocycles. The monoisotopic (exact) mass is 465 g/mol. The number of sulfonamides is 1. The van der Waals surface area contributed by atoms with Crippen LogP contribution < -0.4 is 9.46 Å². The quantitative estimate of drug-likeness (QED) is 0.571. The number of ether oxygens (including phenoxy) is 2. The largest absolute Gasteiger partial charge is 0.486 e. The number of benzene rings is 1. The molecule has 12 heteroatoms. The molecule has 3 aromatic rings. The van der Waals surface area contributed by atoms with Crippen molar-refractivity contribution in [2.24, 2.45) is 7.05 Å². The molecule has 1 N–H and O–H groups in total. The van der Waals surface area contributed by atoms with E-state index in [1.54, 1.807) is 25.0 Å². The predicted molar refractivity (Wildman–Crippen MR) is 110 cm³/mol. The molecule has 1 saturated carbocycles. The zero-order chi connectivity index (χ0) is 22.9. The number of nitrogens with zero attached hydrogens (tertiary/aromatic N) is 4. The Bertz CT molecular complexity index is 1210. The minimum Gasteiger partial charge on any atom is -0.486 e. The van der Waals surface area contributed by atoms with Gasteiger partial charge in [0.05, 0.1) is 6.10 Å². The van der Waals surface area contributed by atoms with Crippen molar-refractivity contribution in [3.63, 3.8) is 0 Å². The first-order valence-corrected chi connectivity index (χ1v) is 11.2. The van der Waals surface area contributed by atoms with Crippen LogP contribution in [0.4, 0.5) is 14.6 Å². The summed E-state index contributed by atoms with van der Waals surface area (Å²) < 4.78 is 69.6. The van der Waals surface area contributed by atoms with E-state index in [-0.39, 0.29) is 23.6 Å². The van der Waals surface area contributed by atoms with E-state index >= 15 is 0 Å². The van der Waals surface area contributed by atoms with Gasteiger partial charge in [-0.15, -0.1) is 0 Å². The average molecular weight is 465 g/mol. The van der Waals surface area contributed by atoms with Crippen LogP contribution in [0.15, 0.2) is 47.9 Å². The van der Waals surface area contributed by atoms with Gasteiger partial charge in [0.15, 0.2) is 11.6 Å². The third kappa shape index (κ3) is 4.41. The smallest absolute Gasteiger partial charge is 0.266 e. The maximum absolute atomic E-state index is 14.8. The van der Waals surface area contributed by atoms with Crippen LogP contribution in [0.5, 0.6) is 5.75 Å². The van der Waals surface area contributed by atoms with Crippen LogP contribution in [-0.4, -0.2) is 47.5 Å². The highest BCUT2D eigenvalue weighted by Gasteiger charge is 2.39. The summed E-state index contributed by atoms with van der Waals surface area (Å²) in [6.45, 7) is 0. The lowest BCUT2D eigenvalue weighted by Gasteiger charge is -2.22. The highest BCUT2D eigenvalue weighted by molar-refractivity contribution is 7.92. The lowest BCUT2D eigenvalue weighted by atomic mass is 10.0. The minimum atomic E-state index is -4.42. The molecule has 2 heterocycles.